The molecule has 2 fully saturated rings. The molecule has 2 amide bonds. The number of halogens is 6. The quantitative estimate of drug-likeness (QED) is 0.324. The van der Waals surface area contributed by atoms with E-state index in [1.165, 1.54) is 18.2 Å². The number of hydrogen-bond donors (Lipinski definition) is 3. The summed E-state index contributed by atoms with van der Waals surface area (Å²) in [5.74, 6) is -4.41. The maximum atomic E-state index is 15.0. The molecule has 2 aromatic carbocycles. The molecule has 4 rings (SSSR count). The lowest BCUT2D eigenvalue weighted by Crippen LogP contribution is -2.47. The summed E-state index contributed by atoms with van der Waals surface area (Å²) in [5.41, 5.74) is 0.0514. The summed E-state index contributed by atoms with van der Waals surface area (Å²) < 4.78 is 67.6. The van der Waals surface area contributed by atoms with Crippen LogP contribution in [0, 0.1) is 17.6 Å². The van der Waals surface area contributed by atoms with E-state index in [1.807, 2.05) is 4.90 Å². The predicted molar refractivity (Wildman–Crippen MR) is 150 cm³/mol. The minimum atomic E-state index is -4.24. The first kappa shape index (κ1) is 32.0. The van der Waals surface area contributed by atoms with E-state index in [1.54, 1.807) is 11.0 Å². The summed E-state index contributed by atoms with van der Waals surface area (Å²) in [6.45, 7) is 1.02. The number of benzene rings is 2. The zero-order chi connectivity index (χ0) is 30.4. The third-order valence-corrected chi connectivity index (χ3v) is 8.09. The van der Waals surface area contributed by atoms with Gasteiger partial charge in [-0.05, 0) is 43.0 Å². The Kier molecular flexibility index (Phi) is 10.7. The van der Waals surface area contributed by atoms with Gasteiger partial charge in [0.2, 0.25) is 5.91 Å². The minimum Gasteiger partial charge on any atom is -0.383 e. The minimum absolute atomic E-state index is 0.109. The van der Waals surface area contributed by atoms with Gasteiger partial charge in [-0.1, -0.05) is 36.9 Å². The van der Waals surface area contributed by atoms with Crippen LogP contribution >= 0.6 is 11.6 Å². The van der Waals surface area contributed by atoms with Crippen LogP contribution in [0.4, 0.5) is 33.3 Å². The zero-order valence-electron chi connectivity index (χ0n) is 23.0. The Morgan fingerprint density at radius 3 is 2.36 bits per heavy atom. The third kappa shape index (κ3) is 8.32. The molecule has 0 bridgehead atoms. The van der Waals surface area contributed by atoms with Crippen LogP contribution in [0.15, 0.2) is 30.3 Å². The van der Waals surface area contributed by atoms with E-state index in [0.717, 1.165) is 38.2 Å². The molecule has 0 radical (unpaired) electrons. The van der Waals surface area contributed by atoms with Crippen LogP contribution in [-0.2, 0) is 11.3 Å². The highest BCUT2D eigenvalue weighted by Crippen LogP contribution is 2.32. The van der Waals surface area contributed by atoms with Crippen molar-refractivity contribution in [3.8, 4) is 0 Å². The molecule has 3 N–H and O–H groups in total. The molecule has 13 heteroatoms. The highest BCUT2D eigenvalue weighted by atomic mass is 35.5. The molecule has 0 aromatic heterocycles. The summed E-state index contributed by atoms with van der Waals surface area (Å²) in [4.78, 5) is 28.9. The molecular formula is C29H34ClF5N4O3. The Balaban J connectivity index is 1.39. The number of hydrogen-bond acceptors (Lipinski definition) is 5. The number of anilines is 2. The fourth-order valence-electron chi connectivity index (χ4n) is 5.41. The van der Waals surface area contributed by atoms with Gasteiger partial charge in [0.15, 0.2) is 11.6 Å². The van der Waals surface area contributed by atoms with Gasteiger partial charge in [0.1, 0.15) is 6.10 Å². The first-order chi connectivity index (χ1) is 19.9. The number of piperazine rings is 1. The molecule has 7 nitrogen and oxygen atoms in total. The Labute approximate surface area is 246 Å². The van der Waals surface area contributed by atoms with Crippen molar-refractivity contribution >= 4 is 34.8 Å². The number of nitrogens with one attached hydrogen (secondary N) is 2. The number of nitrogens with zero attached hydrogens (tertiary/aromatic N) is 2. The highest BCUT2D eigenvalue weighted by molar-refractivity contribution is 6.31. The Morgan fingerprint density at radius 1 is 1.00 bits per heavy atom. The molecule has 0 spiro atoms. The largest absolute Gasteiger partial charge is 0.390 e. The average molecular weight is 617 g/mol. The van der Waals surface area contributed by atoms with Gasteiger partial charge >= 0.3 is 6.18 Å². The van der Waals surface area contributed by atoms with Crippen LogP contribution in [0.25, 0.3) is 0 Å². The Bertz CT molecular complexity index is 1260. The molecule has 1 aliphatic heterocycles. The van der Waals surface area contributed by atoms with Gasteiger partial charge in [-0.3, -0.25) is 14.5 Å². The van der Waals surface area contributed by atoms with E-state index < -0.39 is 47.7 Å². The molecule has 1 saturated heterocycles. The van der Waals surface area contributed by atoms with Gasteiger partial charge in [0.05, 0.1) is 23.4 Å². The number of aliphatic hydroxyl groups excluding tert-OH is 1. The van der Waals surface area contributed by atoms with Crippen molar-refractivity contribution in [2.24, 2.45) is 5.92 Å². The van der Waals surface area contributed by atoms with Crippen molar-refractivity contribution in [2.75, 3.05) is 42.9 Å². The highest BCUT2D eigenvalue weighted by Gasteiger charge is 2.30. The van der Waals surface area contributed by atoms with Crippen molar-refractivity contribution in [2.45, 2.75) is 57.3 Å². The molecule has 1 saturated carbocycles. The Hall–Kier alpha value is -2.96. The predicted octanol–water partition coefficient (Wildman–Crippen LogP) is 5.50. The van der Waals surface area contributed by atoms with Crippen molar-refractivity contribution in [3.63, 3.8) is 0 Å². The average Bonchev–Trinajstić information content (AvgIpc) is 2.97. The molecule has 1 heterocycles. The first-order valence-electron chi connectivity index (χ1n) is 14.0. The van der Waals surface area contributed by atoms with Crippen LogP contribution < -0.4 is 15.5 Å². The number of aliphatic hydroxyl groups is 1. The zero-order valence-corrected chi connectivity index (χ0v) is 23.7. The molecule has 1 atom stereocenters. The molecule has 0 unspecified atom stereocenters. The van der Waals surface area contributed by atoms with Crippen LogP contribution in [0.3, 0.4) is 0 Å². The number of alkyl halides is 3. The molecule has 1 aliphatic carbocycles. The van der Waals surface area contributed by atoms with E-state index in [9.17, 15) is 36.6 Å². The summed E-state index contributed by atoms with van der Waals surface area (Å²) in [6, 6.07) is 6.93. The molecule has 2 aromatic rings. The van der Waals surface area contributed by atoms with Gasteiger partial charge in [0, 0.05) is 49.9 Å². The van der Waals surface area contributed by atoms with Crippen molar-refractivity contribution in [1.29, 1.82) is 0 Å². The van der Waals surface area contributed by atoms with Gasteiger partial charge in [-0.25, -0.2) is 8.78 Å². The lowest BCUT2D eigenvalue weighted by molar-refractivity contribution is -0.138. The fraction of sp³-hybridized carbons (Fsp3) is 0.517. The van der Waals surface area contributed by atoms with Gasteiger partial charge < -0.3 is 20.6 Å². The standard InChI is InChI=1S/C29H34ClF5N4O3/c30-20-7-9-22(23(16-20)39-14-12-38(13-15-39)11-10-29(33,34)35)37-27(41)21-8-6-19(24(31)25(21)32)17-36-28(42)26(40)18-4-2-1-3-5-18/h6-9,16,18,26,40H,1-5,10-15,17H2,(H,36,42)(H,37,41)/t26-/m1/s1. The SMILES string of the molecule is O=C(Nc1ccc(Cl)cc1N1CCN(CCC(F)(F)F)CC1)c1ccc(CNC(=O)[C@H](O)C2CCCCC2)c(F)c1F. The van der Waals surface area contributed by atoms with Crippen molar-refractivity contribution in [1.82, 2.24) is 10.2 Å². The second-order valence-corrected chi connectivity index (χ2v) is 11.2. The van der Waals surface area contributed by atoms with Gasteiger partial charge in [-0.15, -0.1) is 0 Å². The maximum absolute atomic E-state index is 15.0. The van der Waals surface area contributed by atoms with E-state index in [0.29, 0.717) is 36.9 Å². The van der Waals surface area contributed by atoms with Crippen molar-refractivity contribution < 1.29 is 36.6 Å². The first-order valence-corrected chi connectivity index (χ1v) is 14.4. The van der Waals surface area contributed by atoms with Crippen molar-refractivity contribution in [3.05, 3.63) is 58.1 Å². The molecule has 42 heavy (non-hydrogen) atoms. The van der Waals surface area contributed by atoms with E-state index in [2.05, 4.69) is 10.6 Å². The number of carbonyl (C=O) groups excluding carboxylic acids is 2. The van der Waals surface area contributed by atoms with Crippen LogP contribution in [0.5, 0.6) is 0 Å². The number of carbonyl (C=O) groups is 2. The summed E-state index contributed by atoms with van der Waals surface area (Å²) in [5, 5.41) is 15.7. The van der Waals surface area contributed by atoms with Crippen LogP contribution in [0.2, 0.25) is 5.02 Å². The number of rotatable bonds is 9. The van der Waals surface area contributed by atoms with E-state index in [-0.39, 0.29) is 30.3 Å². The van der Waals surface area contributed by atoms with Gasteiger partial charge in [-0.2, -0.15) is 13.2 Å². The maximum Gasteiger partial charge on any atom is 0.390 e. The lowest BCUT2D eigenvalue weighted by atomic mass is 9.85. The molecule has 2 aliphatic rings. The summed E-state index contributed by atoms with van der Waals surface area (Å²) in [6.07, 6.45) is -1.99. The molecule has 230 valence electrons. The van der Waals surface area contributed by atoms with Crippen LogP contribution in [0.1, 0.15) is 54.4 Å². The van der Waals surface area contributed by atoms with Gasteiger partial charge in [0.25, 0.3) is 5.91 Å². The number of amides is 2. The third-order valence-electron chi connectivity index (χ3n) is 7.86. The lowest BCUT2D eigenvalue weighted by Gasteiger charge is -2.37. The topological polar surface area (TPSA) is 84.9 Å². The molecular weight excluding hydrogens is 583 g/mol. The van der Waals surface area contributed by atoms with Crippen LogP contribution in [-0.4, -0.2) is 66.8 Å². The Morgan fingerprint density at radius 2 is 1.69 bits per heavy atom. The van der Waals surface area contributed by atoms with E-state index >= 15 is 0 Å². The second kappa shape index (κ2) is 14.0. The normalized spacial score (nSPS) is 17.6. The van der Waals surface area contributed by atoms with E-state index in [4.69, 9.17) is 11.6 Å². The summed E-state index contributed by atoms with van der Waals surface area (Å²) >= 11 is 6.17. The summed E-state index contributed by atoms with van der Waals surface area (Å²) in [7, 11) is 0. The smallest absolute Gasteiger partial charge is 0.383 e. The monoisotopic (exact) mass is 616 g/mol. The fourth-order valence-corrected chi connectivity index (χ4v) is 5.58. The second-order valence-electron chi connectivity index (χ2n) is 10.8.